The highest BCUT2D eigenvalue weighted by Crippen LogP contribution is 2.20. The molecule has 0 N–H and O–H groups in total. The molecule has 3 heteroatoms. The molecule has 2 rings (SSSR count). The predicted molar refractivity (Wildman–Crippen MR) is 53.3 cm³/mol. The van der Waals surface area contributed by atoms with Crippen molar-refractivity contribution in [1.29, 1.82) is 0 Å². The van der Waals surface area contributed by atoms with Crippen LogP contribution in [0.5, 0.6) is 0 Å². The van der Waals surface area contributed by atoms with Crippen LogP contribution in [0.15, 0.2) is 29.2 Å². The van der Waals surface area contributed by atoms with E-state index in [-0.39, 0.29) is 12.4 Å². The molecule has 0 aliphatic carbocycles. The minimum Gasteiger partial charge on any atom is -0.254 e. The highest BCUT2D eigenvalue weighted by atomic mass is 35.5. The zero-order valence-electron chi connectivity index (χ0n) is 6.66. The van der Waals surface area contributed by atoms with Crippen molar-refractivity contribution in [3.05, 3.63) is 29.8 Å². The van der Waals surface area contributed by atoms with Crippen LogP contribution in [0.1, 0.15) is 12.0 Å². The summed E-state index contributed by atoms with van der Waals surface area (Å²) in [6.07, 6.45) is 2.17. The molecule has 0 bridgehead atoms. The highest BCUT2D eigenvalue weighted by Gasteiger charge is 2.13. The Morgan fingerprint density at radius 1 is 1.25 bits per heavy atom. The van der Waals surface area contributed by atoms with Gasteiger partial charge in [0.2, 0.25) is 0 Å². The van der Waals surface area contributed by atoms with Gasteiger partial charge in [0.05, 0.1) is 10.8 Å². The van der Waals surface area contributed by atoms with Gasteiger partial charge in [0.1, 0.15) is 0 Å². The van der Waals surface area contributed by atoms with E-state index in [4.69, 9.17) is 0 Å². The van der Waals surface area contributed by atoms with Crippen LogP contribution in [-0.2, 0) is 17.2 Å². The van der Waals surface area contributed by atoms with E-state index in [1.54, 1.807) is 0 Å². The first-order chi connectivity index (χ1) is 5.38. The maximum absolute atomic E-state index is 11.4. The summed E-state index contributed by atoms with van der Waals surface area (Å²) < 4.78 is 11.4. The number of hydrogen-bond acceptors (Lipinski definition) is 1. The molecular weight excluding hydrogens is 192 g/mol. The number of fused-ring (bicyclic) bond motifs is 1. The molecule has 12 heavy (non-hydrogen) atoms. The molecule has 1 aromatic carbocycles. The standard InChI is InChI=1S/C9H10OS.ClH/c10-11-7-3-5-8-4-1-2-6-9(8)11;/h1-2,4,6H,3,5,7H2;1H. The molecule has 0 saturated carbocycles. The topological polar surface area (TPSA) is 17.1 Å². The lowest BCUT2D eigenvalue weighted by atomic mass is 10.1. The van der Waals surface area contributed by atoms with Gasteiger partial charge >= 0.3 is 0 Å². The van der Waals surface area contributed by atoms with Crippen LogP contribution in [-0.4, -0.2) is 9.96 Å². The summed E-state index contributed by atoms with van der Waals surface area (Å²) in [6.45, 7) is 0. The van der Waals surface area contributed by atoms with Crippen molar-refractivity contribution in [2.24, 2.45) is 0 Å². The van der Waals surface area contributed by atoms with Crippen LogP contribution >= 0.6 is 12.4 Å². The van der Waals surface area contributed by atoms with Gasteiger partial charge in [0, 0.05) is 10.6 Å². The van der Waals surface area contributed by atoms with Gasteiger partial charge in [0.25, 0.3) is 0 Å². The molecule has 0 saturated heterocycles. The van der Waals surface area contributed by atoms with Gasteiger partial charge in [-0.25, -0.2) is 0 Å². The van der Waals surface area contributed by atoms with Crippen LogP contribution in [0.25, 0.3) is 0 Å². The molecule has 1 heterocycles. The van der Waals surface area contributed by atoms with Gasteiger partial charge in [-0.1, -0.05) is 18.2 Å². The highest BCUT2D eigenvalue weighted by molar-refractivity contribution is 7.85. The predicted octanol–water partition coefficient (Wildman–Crippen LogP) is 2.16. The van der Waals surface area contributed by atoms with Gasteiger partial charge in [-0.2, -0.15) is 0 Å². The Labute approximate surface area is 81.0 Å². The van der Waals surface area contributed by atoms with Gasteiger partial charge in [0.15, 0.2) is 0 Å². The fraction of sp³-hybridized carbons (Fsp3) is 0.333. The number of halogens is 1. The van der Waals surface area contributed by atoms with Gasteiger partial charge < -0.3 is 0 Å². The Morgan fingerprint density at radius 2 is 2.00 bits per heavy atom. The molecule has 1 nitrogen and oxygen atoms in total. The summed E-state index contributed by atoms with van der Waals surface area (Å²) in [7, 11) is -0.715. The SMILES string of the molecule is Cl.O=S1CCCc2ccccc21. The Hall–Kier alpha value is -0.340. The second-order valence-corrected chi connectivity index (χ2v) is 4.30. The van der Waals surface area contributed by atoms with Crippen molar-refractivity contribution in [1.82, 2.24) is 0 Å². The van der Waals surface area contributed by atoms with E-state index in [2.05, 4.69) is 6.07 Å². The van der Waals surface area contributed by atoms with E-state index in [9.17, 15) is 4.21 Å². The molecule has 1 aliphatic heterocycles. The van der Waals surface area contributed by atoms with E-state index in [1.165, 1.54) is 5.56 Å². The van der Waals surface area contributed by atoms with Crippen molar-refractivity contribution in [3.8, 4) is 0 Å². The third kappa shape index (κ3) is 1.70. The largest absolute Gasteiger partial charge is 0.254 e. The third-order valence-electron chi connectivity index (χ3n) is 1.99. The Morgan fingerprint density at radius 3 is 2.75 bits per heavy atom. The minimum absolute atomic E-state index is 0. The average molecular weight is 203 g/mol. The maximum atomic E-state index is 11.4. The van der Waals surface area contributed by atoms with Gasteiger partial charge in [-0.05, 0) is 24.5 Å². The second-order valence-electron chi connectivity index (χ2n) is 2.76. The van der Waals surface area contributed by atoms with E-state index in [0.29, 0.717) is 0 Å². The van der Waals surface area contributed by atoms with E-state index in [0.717, 1.165) is 23.5 Å². The van der Waals surface area contributed by atoms with Crippen LogP contribution in [0, 0.1) is 0 Å². The van der Waals surface area contributed by atoms with E-state index >= 15 is 0 Å². The molecule has 0 fully saturated rings. The second kappa shape index (κ2) is 4.06. The van der Waals surface area contributed by atoms with Crippen molar-refractivity contribution < 1.29 is 4.21 Å². The summed E-state index contributed by atoms with van der Waals surface area (Å²) in [4.78, 5) is 1.05. The summed E-state index contributed by atoms with van der Waals surface area (Å²) in [5.41, 5.74) is 1.28. The first kappa shape index (κ1) is 9.75. The van der Waals surface area contributed by atoms with Crippen molar-refractivity contribution in [2.75, 3.05) is 5.75 Å². The third-order valence-corrected chi connectivity index (χ3v) is 3.54. The Kier molecular flexibility index (Phi) is 3.29. The van der Waals surface area contributed by atoms with Crippen LogP contribution in [0.3, 0.4) is 0 Å². The smallest absolute Gasteiger partial charge is 0.0532 e. The number of aryl methyl sites for hydroxylation is 1. The normalized spacial score (nSPS) is 20.8. The first-order valence-electron chi connectivity index (χ1n) is 3.84. The lowest BCUT2D eigenvalue weighted by molar-refractivity contribution is 0.674. The lowest BCUT2D eigenvalue weighted by Gasteiger charge is -2.13. The average Bonchev–Trinajstić information content (AvgIpc) is 2.06. The quantitative estimate of drug-likeness (QED) is 0.630. The molecule has 0 radical (unpaired) electrons. The molecule has 66 valence electrons. The van der Waals surface area contributed by atoms with Crippen LogP contribution < -0.4 is 0 Å². The first-order valence-corrected chi connectivity index (χ1v) is 5.16. The maximum Gasteiger partial charge on any atom is 0.0532 e. The Bertz CT molecular complexity index is 298. The number of hydrogen-bond donors (Lipinski definition) is 0. The monoisotopic (exact) mass is 202 g/mol. The zero-order chi connectivity index (χ0) is 7.68. The minimum atomic E-state index is -0.715. The molecule has 1 atom stereocenters. The molecule has 1 unspecified atom stereocenters. The summed E-state index contributed by atoms with van der Waals surface area (Å²) in [5, 5.41) is 0. The summed E-state index contributed by atoms with van der Waals surface area (Å²) >= 11 is 0. The molecule has 1 aliphatic rings. The fourth-order valence-corrected chi connectivity index (χ4v) is 2.76. The molecular formula is C9H11ClOS. The van der Waals surface area contributed by atoms with Crippen LogP contribution in [0.2, 0.25) is 0 Å². The number of rotatable bonds is 0. The molecule has 1 aromatic rings. The molecule has 0 aromatic heterocycles. The molecule has 0 amide bonds. The van der Waals surface area contributed by atoms with Crippen molar-refractivity contribution in [3.63, 3.8) is 0 Å². The van der Waals surface area contributed by atoms with Crippen molar-refractivity contribution in [2.45, 2.75) is 17.7 Å². The van der Waals surface area contributed by atoms with Gasteiger partial charge in [-0.3, -0.25) is 4.21 Å². The summed E-state index contributed by atoms with van der Waals surface area (Å²) in [5.74, 6) is 0.844. The van der Waals surface area contributed by atoms with Crippen molar-refractivity contribution >= 4 is 23.2 Å². The van der Waals surface area contributed by atoms with Gasteiger partial charge in [-0.15, -0.1) is 12.4 Å². The Balaban J connectivity index is 0.000000720. The zero-order valence-corrected chi connectivity index (χ0v) is 8.29. The van der Waals surface area contributed by atoms with E-state index < -0.39 is 10.8 Å². The molecule has 0 spiro atoms. The van der Waals surface area contributed by atoms with Crippen LogP contribution in [0.4, 0.5) is 0 Å². The number of benzene rings is 1. The van der Waals surface area contributed by atoms with E-state index in [1.807, 2.05) is 18.2 Å². The lowest BCUT2D eigenvalue weighted by Crippen LogP contribution is -2.09. The fourth-order valence-electron chi connectivity index (χ4n) is 1.44. The summed E-state index contributed by atoms with van der Waals surface area (Å²) in [6, 6.07) is 8.03.